The third kappa shape index (κ3) is 4.66. The molecule has 1 heterocycles. The predicted octanol–water partition coefficient (Wildman–Crippen LogP) is 6.03. The number of benzene rings is 3. The molecule has 0 atom stereocenters. The molecule has 152 valence electrons. The molecule has 0 radical (unpaired) electrons. The lowest BCUT2D eigenvalue weighted by atomic mass is 10.1. The van der Waals surface area contributed by atoms with Crippen LogP contribution in [0.2, 0.25) is 5.02 Å². The quantitative estimate of drug-likeness (QED) is 0.311. The molecule has 6 heteroatoms. The van der Waals surface area contributed by atoms with Crippen LogP contribution in [-0.4, -0.2) is 10.5 Å². The standard InChI is InChI=1S/C25H17ClFN3O/c26-20-4-3-5-22(13-20)29-25(31)18(14-28)12-19-16-30(24-7-2-1-6-23(19)24)15-17-8-10-21(27)11-9-17/h1-13,16H,15H2,(H,29,31)/b18-12-. The Morgan fingerprint density at radius 3 is 2.61 bits per heavy atom. The van der Waals surface area contributed by atoms with Crippen molar-refractivity contribution in [1.82, 2.24) is 4.57 Å². The second-order valence-electron chi connectivity index (χ2n) is 6.99. The van der Waals surface area contributed by atoms with Gasteiger partial charge in [0.2, 0.25) is 0 Å². The Labute approximate surface area is 183 Å². The van der Waals surface area contributed by atoms with Gasteiger partial charge in [-0.15, -0.1) is 0 Å². The highest BCUT2D eigenvalue weighted by molar-refractivity contribution is 6.31. The molecule has 0 saturated carbocycles. The van der Waals surface area contributed by atoms with Gasteiger partial charge in [-0.2, -0.15) is 5.26 Å². The van der Waals surface area contributed by atoms with Crippen LogP contribution in [0, 0.1) is 17.1 Å². The van der Waals surface area contributed by atoms with Crippen molar-refractivity contribution in [3.8, 4) is 6.07 Å². The van der Waals surface area contributed by atoms with Crippen LogP contribution in [0.5, 0.6) is 0 Å². The summed E-state index contributed by atoms with van der Waals surface area (Å²) in [5, 5.41) is 13.7. The van der Waals surface area contributed by atoms with Gasteiger partial charge in [-0.05, 0) is 48.0 Å². The molecule has 1 N–H and O–H groups in total. The van der Waals surface area contributed by atoms with Gasteiger partial charge in [-0.3, -0.25) is 4.79 Å². The van der Waals surface area contributed by atoms with E-state index in [1.807, 2.05) is 41.1 Å². The molecule has 0 aliphatic carbocycles. The smallest absolute Gasteiger partial charge is 0.266 e. The summed E-state index contributed by atoms with van der Waals surface area (Å²) in [5.74, 6) is -0.797. The Morgan fingerprint density at radius 1 is 1.10 bits per heavy atom. The predicted molar refractivity (Wildman–Crippen MR) is 121 cm³/mol. The van der Waals surface area contributed by atoms with Gasteiger partial charge >= 0.3 is 0 Å². The van der Waals surface area contributed by atoms with Crippen molar-refractivity contribution >= 4 is 40.2 Å². The van der Waals surface area contributed by atoms with Crippen LogP contribution < -0.4 is 5.32 Å². The van der Waals surface area contributed by atoms with Gasteiger partial charge in [-0.1, -0.05) is 48.0 Å². The lowest BCUT2D eigenvalue weighted by Crippen LogP contribution is -2.13. The maximum Gasteiger partial charge on any atom is 0.266 e. The fourth-order valence-corrected chi connectivity index (χ4v) is 3.57. The van der Waals surface area contributed by atoms with E-state index < -0.39 is 5.91 Å². The van der Waals surface area contributed by atoms with Gasteiger partial charge in [0.1, 0.15) is 17.5 Å². The molecule has 0 aliphatic heterocycles. The number of para-hydroxylation sites is 1. The van der Waals surface area contributed by atoms with E-state index in [1.54, 1.807) is 42.5 Å². The van der Waals surface area contributed by atoms with E-state index in [0.29, 0.717) is 17.3 Å². The summed E-state index contributed by atoms with van der Waals surface area (Å²) in [5.41, 5.74) is 3.13. The molecule has 0 spiro atoms. The van der Waals surface area contributed by atoms with Gasteiger partial charge in [0, 0.05) is 39.9 Å². The van der Waals surface area contributed by atoms with E-state index in [-0.39, 0.29) is 11.4 Å². The number of anilines is 1. The minimum atomic E-state index is -0.514. The number of nitrogens with zero attached hydrogens (tertiary/aromatic N) is 2. The Balaban J connectivity index is 1.67. The number of carbonyl (C=O) groups excluding carboxylic acids is 1. The summed E-state index contributed by atoms with van der Waals surface area (Å²) in [4.78, 5) is 12.6. The normalized spacial score (nSPS) is 11.3. The number of halogens is 2. The van der Waals surface area contributed by atoms with Crippen LogP contribution >= 0.6 is 11.6 Å². The van der Waals surface area contributed by atoms with Gasteiger partial charge in [0.05, 0.1) is 0 Å². The molecule has 4 aromatic rings. The summed E-state index contributed by atoms with van der Waals surface area (Å²) in [6, 6.07) is 22.8. The van der Waals surface area contributed by atoms with Gasteiger partial charge < -0.3 is 9.88 Å². The number of hydrogen-bond acceptors (Lipinski definition) is 2. The van der Waals surface area contributed by atoms with Crippen LogP contribution in [-0.2, 0) is 11.3 Å². The van der Waals surface area contributed by atoms with Crippen molar-refractivity contribution in [2.24, 2.45) is 0 Å². The Kier molecular flexibility index (Phi) is 5.83. The molecular formula is C25H17ClFN3O. The molecule has 4 nitrogen and oxygen atoms in total. The maximum absolute atomic E-state index is 13.2. The van der Waals surface area contributed by atoms with Gasteiger partial charge in [0.25, 0.3) is 5.91 Å². The Bertz CT molecular complexity index is 1330. The highest BCUT2D eigenvalue weighted by Crippen LogP contribution is 2.25. The number of nitrogens with one attached hydrogen (secondary N) is 1. The van der Waals surface area contributed by atoms with Crippen molar-refractivity contribution < 1.29 is 9.18 Å². The molecular weight excluding hydrogens is 413 g/mol. The Hall–Kier alpha value is -3.88. The third-order valence-corrected chi connectivity index (χ3v) is 5.07. The third-order valence-electron chi connectivity index (χ3n) is 4.83. The zero-order valence-electron chi connectivity index (χ0n) is 16.3. The average molecular weight is 430 g/mol. The largest absolute Gasteiger partial charge is 0.342 e. The number of hydrogen-bond donors (Lipinski definition) is 1. The highest BCUT2D eigenvalue weighted by Gasteiger charge is 2.13. The maximum atomic E-state index is 13.2. The number of fused-ring (bicyclic) bond motifs is 1. The van der Waals surface area contributed by atoms with Crippen molar-refractivity contribution in [2.75, 3.05) is 5.32 Å². The zero-order chi connectivity index (χ0) is 21.8. The Morgan fingerprint density at radius 2 is 1.87 bits per heavy atom. The lowest BCUT2D eigenvalue weighted by Gasteiger charge is -2.05. The molecule has 1 amide bonds. The minimum absolute atomic E-state index is 0.0235. The van der Waals surface area contributed by atoms with Crippen LogP contribution in [0.15, 0.2) is 84.6 Å². The molecule has 0 bridgehead atoms. The topological polar surface area (TPSA) is 57.8 Å². The van der Waals surface area contributed by atoms with E-state index in [4.69, 9.17) is 11.6 Å². The van der Waals surface area contributed by atoms with Crippen LogP contribution in [0.25, 0.3) is 17.0 Å². The summed E-state index contributed by atoms with van der Waals surface area (Å²) >= 11 is 5.96. The van der Waals surface area contributed by atoms with E-state index in [0.717, 1.165) is 22.0 Å². The van der Waals surface area contributed by atoms with Crippen molar-refractivity contribution in [2.45, 2.75) is 6.54 Å². The lowest BCUT2D eigenvalue weighted by molar-refractivity contribution is -0.112. The summed E-state index contributed by atoms with van der Waals surface area (Å²) in [7, 11) is 0. The highest BCUT2D eigenvalue weighted by atomic mass is 35.5. The first-order valence-electron chi connectivity index (χ1n) is 9.54. The summed E-state index contributed by atoms with van der Waals surface area (Å²) in [6.45, 7) is 0.533. The summed E-state index contributed by atoms with van der Waals surface area (Å²) < 4.78 is 15.2. The molecule has 1 aromatic heterocycles. The first-order valence-corrected chi connectivity index (χ1v) is 9.92. The molecule has 4 rings (SSSR count). The second kappa shape index (κ2) is 8.86. The van der Waals surface area contributed by atoms with E-state index in [2.05, 4.69) is 5.32 Å². The van der Waals surface area contributed by atoms with E-state index in [1.165, 1.54) is 12.1 Å². The molecule has 0 unspecified atom stereocenters. The van der Waals surface area contributed by atoms with Crippen molar-refractivity contribution in [3.05, 3.63) is 107 Å². The van der Waals surface area contributed by atoms with Gasteiger partial charge in [-0.25, -0.2) is 4.39 Å². The minimum Gasteiger partial charge on any atom is -0.342 e. The van der Waals surface area contributed by atoms with E-state index in [9.17, 15) is 14.4 Å². The number of rotatable bonds is 5. The molecule has 3 aromatic carbocycles. The van der Waals surface area contributed by atoms with Crippen LogP contribution in [0.3, 0.4) is 0 Å². The first kappa shape index (κ1) is 20.4. The average Bonchev–Trinajstić information content (AvgIpc) is 3.11. The first-order chi connectivity index (χ1) is 15.0. The van der Waals surface area contributed by atoms with Gasteiger partial charge in [0.15, 0.2) is 0 Å². The zero-order valence-corrected chi connectivity index (χ0v) is 17.1. The number of amides is 1. The van der Waals surface area contributed by atoms with Crippen molar-refractivity contribution in [1.29, 1.82) is 5.26 Å². The SMILES string of the molecule is N#C/C(=C/c1cn(Cc2ccc(F)cc2)c2ccccc12)C(=O)Nc1cccc(Cl)c1. The molecule has 0 aliphatic rings. The fourth-order valence-electron chi connectivity index (χ4n) is 3.38. The van der Waals surface area contributed by atoms with Crippen LogP contribution in [0.1, 0.15) is 11.1 Å². The number of aromatic nitrogens is 1. The molecule has 0 fully saturated rings. The number of nitriles is 1. The van der Waals surface area contributed by atoms with E-state index >= 15 is 0 Å². The van der Waals surface area contributed by atoms with Crippen LogP contribution in [0.4, 0.5) is 10.1 Å². The second-order valence-corrected chi connectivity index (χ2v) is 7.43. The fraction of sp³-hybridized carbons (Fsp3) is 0.0400. The monoisotopic (exact) mass is 429 g/mol. The molecule has 0 saturated heterocycles. The number of carbonyl (C=O) groups is 1. The van der Waals surface area contributed by atoms with Crippen molar-refractivity contribution in [3.63, 3.8) is 0 Å². The molecule has 31 heavy (non-hydrogen) atoms. The summed E-state index contributed by atoms with van der Waals surface area (Å²) in [6.07, 6.45) is 3.46.